The van der Waals surface area contributed by atoms with Gasteiger partial charge < -0.3 is 20.7 Å². The highest BCUT2D eigenvalue weighted by Gasteiger charge is 2.23. The van der Waals surface area contributed by atoms with Crippen LogP contribution in [0.4, 0.5) is 11.4 Å². The van der Waals surface area contributed by atoms with E-state index in [-0.39, 0.29) is 6.10 Å². The lowest BCUT2D eigenvalue weighted by molar-refractivity contribution is 0.182. The molecule has 0 unspecified atom stereocenters. The maximum atomic E-state index is 9.59. The van der Waals surface area contributed by atoms with Crippen molar-refractivity contribution >= 4 is 11.4 Å². The highest BCUT2D eigenvalue weighted by Crippen LogP contribution is 2.32. The lowest BCUT2D eigenvalue weighted by Gasteiger charge is -2.16. The van der Waals surface area contributed by atoms with Crippen LogP contribution >= 0.6 is 0 Å². The Bertz CT molecular complexity index is 631. The molecule has 0 amide bonds. The molecule has 2 aromatic rings. The Morgan fingerprint density at radius 3 is 2.71 bits per heavy atom. The Balaban J connectivity index is 1.83. The number of aliphatic hydroxyl groups excluding tert-OH is 1. The molecule has 21 heavy (non-hydrogen) atoms. The van der Waals surface area contributed by atoms with E-state index in [9.17, 15) is 5.11 Å². The van der Waals surface area contributed by atoms with E-state index in [1.54, 1.807) is 0 Å². The predicted molar refractivity (Wildman–Crippen MR) is 83.1 cm³/mol. The molecule has 1 aromatic heterocycles. The molecule has 0 spiro atoms. The van der Waals surface area contributed by atoms with Gasteiger partial charge in [0.1, 0.15) is 5.76 Å². The van der Waals surface area contributed by atoms with E-state index in [2.05, 4.69) is 10.5 Å². The van der Waals surface area contributed by atoms with Gasteiger partial charge in [-0.15, -0.1) is 0 Å². The largest absolute Gasteiger partial charge is 0.397 e. The third kappa shape index (κ3) is 2.74. The fourth-order valence-electron chi connectivity index (χ4n) is 3.05. The molecule has 5 nitrogen and oxygen atoms in total. The van der Waals surface area contributed by atoms with Gasteiger partial charge in [0, 0.05) is 11.6 Å². The van der Waals surface area contributed by atoms with Crippen molar-refractivity contribution in [2.24, 2.45) is 0 Å². The van der Waals surface area contributed by atoms with Gasteiger partial charge in [0.2, 0.25) is 0 Å². The summed E-state index contributed by atoms with van der Waals surface area (Å²) in [5, 5.41) is 17.0. The minimum absolute atomic E-state index is 0.190. The van der Waals surface area contributed by atoms with Crippen molar-refractivity contribution in [3.8, 4) is 11.1 Å². The van der Waals surface area contributed by atoms with Crippen LogP contribution in [0, 0.1) is 13.8 Å². The number of aliphatic hydroxyl groups is 1. The summed E-state index contributed by atoms with van der Waals surface area (Å²) in [6.45, 7) is 3.83. The molecule has 4 N–H and O–H groups in total. The number of anilines is 2. The van der Waals surface area contributed by atoms with Crippen LogP contribution in [-0.4, -0.2) is 22.4 Å². The SMILES string of the molecule is Cc1noc(C)c1-c1ccc(N[C@@H]2CC[C@@H](O)C2)c(N)c1. The Hall–Kier alpha value is -2.01. The molecule has 3 rings (SSSR count). The maximum Gasteiger partial charge on any atom is 0.141 e. The third-order valence-electron chi connectivity index (χ3n) is 4.14. The number of aryl methyl sites for hydroxylation is 2. The summed E-state index contributed by atoms with van der Waals surface area (Å²) in [5.74, 6) is 0.798. The first-order valence-electron chi connectivity index (χ1n) is 7.32. The summed E-state index contributed by atoms with van der Waals surface area (Å²) in [6, 6.07) is 6.25. The van der Waals surface area contributed by atoms with Gasteiger partial charge >= 0.3 is 0 Å². The molecule has 1 aromatic carbocycles. The van der Waals surface area contributed by atoms with Gasteiger partial charge in [-0.2, -0.15) is 0 Å². The maximum absolute atomic E-state index is 9.59. The summed E-state index contributed by atoms with van der Waals surface area (Å²) < 4.78 is 5.20. The van der Waals surface area contributed by atoms with Crippen LogP contribution in [0.1, 0.15) is 30.7 Å². The Kier molecular flexibility index (Phi) is 3.59. The average Bonchev–Trinajstić information content (AvgIpc) is 2.99. The highest BCUT2D eigenvalue weighted by molar-refractivity contribution is 5.77. The Morgan fingerprint density at radius 2 is 2.14 bits per heavy atom. The van der Waals surface area contributed by atoms with E-state index >= 15 is 0 Å². The fourth-order valence-corrected chi connectivity index (χ4v) is 3.05. The standard InChI is InChI=1S/C16H21N3O2/c1-9-16(10(2)21-19-9)11-3-6-15(14(17)7-11)18-12-4-5-13(20)8-12/h3,6-7,12-13,18,20H,4-5,8,17H2,1-2H3/t12-,13-/m1/s1. The van der Waals surface area contributed by atoms with E-state index in [0.29, 0.717) is 11.7 Å². The van der Waals surface area contributed by atoms with E-state index in [1.165, 1.54) is 0 Å². The summed E-state index contributed by atoms with van der Waals surface area (Å²) in [7, 11) is 0. The van der Waals surface area contributed by atoms with Crippen LogP contribution in [-0.2, 0) is 0 Å². The molecule has 2 atom stereocenters. The van der Waals surface area contributed by atoms with Crippen molar-refractivity contribution in [1.29, 1.82) is 0 Å². The first kappa shape index (κ1) is 13.9. The second kappa shape index (κ2) is 5.41. The first-order chi connectivity index (χ1) is 10.0. The van der Waals surface area contributed by atoms with Crippen LogP contribution in [0.25, 0.3) is 11.1 Å². The van der Waals surface area contributed by atoms with Crippen LogP contribution < -0.4 is 11.1 Å². The Morgan fingerprint density at radius 1 is 1.33 bits per heavy atom. The first-order valence-corrected chi connectivity index (χ1v) is 7.32. The van der Waals surface area contributed by atoms with Gasteiger partial charge in [-0.3, -0.25) is 0 Å². The molecule has 1 aliphatic rings. The normalized spacial score (nSPS) is 21.7. The lowest BCUT2D eigenvalue weighted by atomic mass is 10.0. The average molecular weight is 287 g/mol. The molecule has 0 saturated heterocycles. The van der Waals surface area contributed by atoms with Gasteiger partial charge in [-0.05, 0) is 50.8 Å². The monoisotopic (exact) mass is 287 g/mol. The lowest BCUT2D eigenvalue weighted by Crippen LogP contribution is -2.17. The van der Waals surface area contributed by atoms with E-state index in [0.717, 1.165) is 47.5 Å². The fraction of sp³-hybridized carbons (Fsp3) is 0.438. The van der Waals surface area contributed by atoms with Crippen molar-refractivity contribution in [3.05, 3.63) is 29.7 Å². The smallest absolute Gasteiger partial charge is 0.141 e. The summed E-state index contributed by atoms with van der Waals surface area (Å²) in [6.07, 6.45) is 2.43. The molecule has 0 radical (unpaired) electrons. The molecule has 0 bridgehead atoms. The second-order valence-electron chi connectivity index (χ2n) is 5.81. The quantitative estimate of drug-likeness (QED) is 0.756. The van der Waals surface area contributed by atoms with Crippen molar-refractivity contribution in [3.63, 3.8) is 0 Å². The number of nitrogens with two attached hydrogens (primary N) is 1. The zero-order chi connectivity index (χ0) is 15.0. The molecule has 1 aliphatic carbocycles. The molecule has 0 aliphatic heterocycles. The third-order valence-corrected chi connectivity index (χ3v) is 4.14. The summed E-state index contributed by atoms with van der Waals surface area (Å²) >= 11 is 0. The molecule has 1 heterocycles. The molecule has 5 heteroatoms. The van der Waals surface area contributed by atoms with E-state index in [1.807, 2.05) is 32.0 Å². The van der Waals surface area contributed by atoms with Crippen molar-refractivity contribution in [2.75, 3.05) is 11.1 Å². The van der Waals surface area contributed by atoms with E-state index in [4.69, 9.17) is 10.3 Å². The number of nitrogens with one attached hydrogen (secondary N) is 1. The topological polar surface area (TPSA) is 84.3 Å². The van der Waals surface area contributed by atoms with Gasteiger partial charge in [0.15, 0.2) is 0 Å². The number of hydrogen-bond donors (Lipinski definition) is 3. The molecular weight excluding hydrogens is 266 g/mol. The predicted octanol–water partition coefficient (Wildman–Crippen LogP) is 2.87. The van der Waals surface area contributed by atoms with Gasteiger partial charge in [0.25, 0.3) is 0 Å². The van der Waals surface area contributed by atoms with Crippen molar-refractivity contribution < 1.29 is 9.63 Å². The zero-order valence-electron chi connectivity index (χ0n) is 12.4. The highest BCUT2D eigenvalue weighted by atomic mass is 16.5. The number of rotatable bonds is 3. The summed E-state index contributed by atoms with van der Waals surface area (Å²) in [4.78, 5) is 0. The second-order valence-corrected chi connectivity index (χ2v) is 5.81. The van der Waals surface area contributed by atoms with Crippen LogP contribution in [0.15, 0.2) is 22.7 Å². The Labute approximate surface area is 124 Å². The van der Waals surface area contributed by atoms with E-state index < -0.39 is 0 Å². The zero-order valence-corrected chi connectivity index (χ0v) is 12.4. The van der Waals surface area contributed by atoms with Gasteiger partial charge in [-0.25, -0.2) is 0 Å². The summed E-state index contributed by atoms with van der Waals surface area (Å²) in [5.41, 5.74) is 10.7. The number of hydrogen-bond acceptors (Lipinski definition) is 5. The molecular formula is C16H21N3O2. The number of aromatic nitrogens is 1. The number of nitrogens with zero attached hydrogens (tertiary/aromatic N) is 1. The number of benzene rings is 1. The minimum Gasteiger partial charge on any atom is -0.397 e. The number of nitrogen functional groups attached to an aromatic ring is 1. The van der Waals surface area contributed by atoms with Crippen LogP contribution in [0.2, 0.25) is 0 Å². The van der Waals surface area contributed by atoms with Crippen LogP contribution in [0.5, 0.6) is 0 Å². The molecule has 112 valence electrons. The van der Waals surface area contributed by atoms with Gasteiger partial charge in [-0.1, -0.05) is 11.2 Å². The van der Waals surface area contributed by atoms with Crippen molar-refractivity contribution in [1.82, 2.24) is 5.16 Å². The minimum atomic E-state index is -0.190. The van der Waals surface area contributed by atoms with Gasteiger partial charge in [0.05, 0.1) is 23.2 Å². The molecule has 1 saturated carbocycles. The van der Waals surface area contributed by atoms with Crippen LogP contribution in [0.3, 0.4) is 0 Å². The molecule has 1 fully saturated rings. The van der Waals surface area contributed by atoms with Crippen molar-refractivity contribution in [2.45, 2.75) is 45.3 Å².